The number of fused-ring (bicyclic) bond motifs is 1. The number of methoxy groups -OCH3 is 1. The van der Waals surface area contributed by atoms with E-state index in [1.807, 2.05) is 0 Å². The van der Waals surface area contributed by atoms with Crippen LogP contribution in [-0.2, 0) is 14.8 Å². The largest absolute Gasteiger partial charge is 0.495 e. The predicted octanol–water partition coefficient (Wildman–Crippen LogP) is 2.45. The van der Waals surface area contributed by atoms with Gasteiger partial charge in [0, 0.05) is 24.3 Å². The maximum Gasteiger partial charge on any atom is 0.248 e. The van der Waals surface area contributed by atoms with Crippen molar-refractivity contribution in [2.24, 2.45) is 0 Å². The first-order valence-electron chi connectivity index (χ1n) is 8.43. The fourth-order valence-electron chi connectivity index (χ4n) is 2.70. The number of likely N-dealkylation sites (N-methyl/N-ethyl adjacent to an activating group) is 1. The summed E-state index contributed by atoms with van der Waals surface area (Å²) < 4.78 is 31.6. The van der Waals surface area contributed by atoms with Gasteiger partial charge in [0.2, 0.25) is 21.5 Å². The molecule has 0 aliphatic heterocycles. The number of ether oxygens (including phenoxy) is 1. The summed E-state index contributed by atoms with van der Waals surface area (Å²) in [5, 5.41) is 3.49. The fourth-order valence-corrected chi connectivity index (χ4v) is 4.13. The number of aromatic amines is 1. The maximum atomic E-state index is 12.8. The van der Waals surface area contributed by atoms with Crippen molar-refractivity contribution in [1.29, 1.82) is 0 Å². The van der Waals surface area contributed by atoms with E-state index < -0.39 is 22.5 Å². The van der Waals surface area contributed by atoms with Crippen molar-refractivity contribution < 1.29 is 17.9 Å². The molecule has 0 radical (unpaired) electrons. The number of carbonyl (C=O) groups is 1. The predicted molar refractivity (Wildman–Crippen MR) is 111 cm³/mol. The van der Waals surface area contributed by atoms with Crippen LogP contribution in [0.15, 0.2) is 58.2 Å². The number of hydrogen-bond acceptors (Lipinski definition) is 5. The van der Waals surface area contributed by atoms with E-state index in [4.69, 9.17) is 16.3 Å². The SMILES string of the molecule is COc1ccc(NC(=O)CN(C)S(=O)(=O)c2ccc3[nH]c(=O)ccc3c2)cc1Cl. The van der Waals surface area contributed by atoms with E-state index in [0.717, 1.165) is 4.31 Å². The number of hydrogen-bond donors (Lipinski definition) is 2. The molecule has 1 amide bonds. The van der Waals surface area contributed by atoms with Gasteiger partial charge in [0.15, 0.2) is 0 Å². The summed E-state index contributed by atoms with van der Waals surface area (Å²) in [5.41, 5.74) is 0.662. The lowest BCUT2D eigenvalue weighted by Gasteiger charge is -2.17. The lowest BCUT2D eigenvalue weighted by atomic mass is 10.2. The lowest BCUT2D eigenvalue weighted by Crippen LogP contribution is -2.35. The van der Waals surface area contributed by atoms with Gasteiger partial charge in [-0.15, -0.1) is 0 Å². The van der Waals surface area contributed by atoms with Gasteiger partial charge in [-0.05, 0) is 47.9 Å². The number of aromatic nitrogens is 1. The summed E-state index contributed by atoms with van der Waals surface area (Å²) in [6.45, 7) is -0.393. The average molecular weight is 436 g/mol. The Morgan fingerprint density at radius 3 is 2.62 bits per heavy atom. The van der Waals surface area contributed by atoms with E-state index in [1.165, 1.54) is 50.6 Å². The van der Waals surface area contributed by atoms with Crippen LogP contribution < -0.4 is 15.6 Å². The highest BCUT2D eigenvalue weighted by atomic mass is 35.5. The normalized spacial score (nSPS) is 11.6. The zero-order valence-corrected chi connectivity index (χ0v) is 17.2. The Bertz CT molecular complexity index is 1240. The van der Waals surface area contributed by atoms with Crippen molar-refractivity contribution >= 4 is 44.1 Å². The second-order valence-electron chi connectivity index (χ2n) is 6.23. The molecular formula is C19H18ClN3O5S. The van der Waals surface area contributed by atoms with Crippen LogP contribution in [0.5, 0.6) is 5.75 Å². The molecule has 0 saturated carbocycles. The second kappa shape index (κ2) is 8.24. The van der Waals surface area contributed by atoms with Gasteiger partial charge in [-0.25, -0.2) is 8.42 Å². The van der Waals surface area contributed by atoms with Crippen molar-refractivity contribution in [3.8, 4) is 5.75 Å². The summed E-state index contributed by atoms with van der Waals surface area (Å²) in [7, 11) is -1.12. The molecular weight excluding hydrogens is 418 g/mol. The summed E-state index contributed by atoms with van der Waals surface area (Å²) in [5.74, 6) is -0.0653. The van der Waals surface area contributed by atoms with Gasteiger partial charge in [0.25, 0.3) is 0 Å². The van der Waals surface area contributed by atoms with Crippen molar-refractivity contribution in [3.63, 3.8) is 0 Å². The molecule has 0 saturated heterocycles. The highest BCUT2D eigenvalue weighted by molar-refractivity contribution is 7.89. The molecule has 1 aromatic heterocycles. The van der Waals surface area contributed by atoms with Crippen molar-refractivity contribution in [1.82, 2.24) is 9.29 Å². The number of halogens is 1. The molecule has 3 rings (SSSR count). The average Bonchev–Trinajstić information content (AvgIpc) is 2.67. The van der Waals surface area contributed by atoms with Crippen molar-refractivity contribution in [2.75, 3.05) is 26.0 Å². The molecule has 1 heterocycles. The van der Waals surface area contributed by atoms with Crippen LogP contribution in [0.25, 0.3) is 10.9 Å². The zero-order chi connectivity index (χ0) is 21.2. The number of nitrogens with zero attached hydrogens (tertiary/aromatic N) is 1. The Hall–Kier alpha value is -2.88. The van der Waals surface area contributed by atoms with Crippen molar-refractivity contribution in [3.05, 3.63) is 63.9 Å². The summed E-state index contributed by atoms with van der Waals surface area (Å²) in [6.07, 6.45) is 0. The summed E-state index contributed by atoms with van der Waals surface area (Å²) >= 11 is 6.02. The van der Waals surface area contributed by atoms with E-state index in [0.29, 0.717) is 27.4 Å². The zero-order valence-electron chi connectivity index (χ0n) is 15.6. The third-order valence-corrected chi connectivity index (χ3v) is 6.30. The number of nitrogens with one attached hydrogen (secondary N) is 2. The molecule has 2 N–H and O–H groups in total. The minimum Gasteiger partial charge on any atom is -0.495 e. The summed E-state index contributed by atoms with van der Waals surface area (Å²) in [4.78, 5) is 26.3. The van der Waals surface area contributed by atoms with E-state index in [9.17, 15) is 18.0 Å². The molecule has 3 aromatic rings. The molecule has 0 bridgehead atoms. The molecule has 152 valence electrons. The van der Waals surface area contributed by atoms with Crippen LogP contribution in [0.2, 0.25) is 5.02 Å². The molecule has 0 aliphatic carbocycles. The smallest absolute Gasteiger partial charge is 0.248 e. The standard InChI is InChI=1S/C19H18ClN3O5S/c1-23(11-19(25)21-13-4-7-17(28-2)15(20)10-13)29(26,27)14-5-6-16-12(9-14)3-8-18(24)22-16/h3-10H,11H2,1-2H3,(H,21,25)(H,22,24). The molecule has 8 nitrogen and oxygen atoms in total. The highest BCUT2D eigenvalue weighted by Crippen LogP contribution is 2.27. The topological polar surface area (TPSA) is 109 Å². The van der Waals surface area contributed by atoms with Gasteiger partial charge in [-0.3, -0.25) is 9.59 Å². The number of carbonyl (C=O) groups excluding carboxylic acids is 1. The third-order valence-electron chi connectivity index (χ3n) is 4.21. The quantitative estimate of drug-likeness (QED) is 0.618. The molecule has 29 heavy (non-hydrogen) atoms. The Labute approximate surface area is 172 Å². The Morgan fingerprint density at radius 2 is 1.93 bits per heavy atom. The number of amides is 1. The van der Waals surface area contributed by atoms with E-state index in [-0.39, 0.29) is 10.5 Å². The summed E-state index contributed by atoms with van der Waals surface area (Å²) in [6, 6.07) is 11.9. The molecule has 0 atom stereocenters. The lowest BCUT2D eigenvalue weighted by molar-refractivity contribution is -0.116. The molecule has 2 aromatic carbocycles. The van der Waals surface area contributed by atoms with Crippen molar-refractivity contribution in [2.45, 2.75) is 4.90 Å². The van der Waals surface area contributed by atoms with Crippen LogP contribution >= 0.6 is 11.6 Å². The number of rotatable bonds is 6. The van der Waals surface area contributed by atoms with Gasteiger partial charge < -0.3 is 15.0 Å². The number of anilines is 1. The molecule has 0 unspecified atom stereocenters. The van der Waals surface area contributed by atoms with Crippen LogP contribution in [0.1, 0.15) is 0 Å². The van der Waals surface area contributed by atoms with Gasteiger partial charge >= 0.3 is 0 Å². The number of pyridine rings is 1. The van der Waals surface area contributed by atoms with Gasteiger partial charge in [0.1, 0.15) is 5.75 Å². The van der Waals surface area contributed by atoms with Gasteiger partial charge in [0.05, 0.1) is 23.6 Å². The molecule has 0 fully saturated rings. The minimum atomic E-state index is -3.91. The monoisotopic (exact) mass is 435 g/mol. The number of benzene rings is 2. The molecule has 0 aliphatic rings. The second-order valence-corrected chi connectivity index (χ2v) is 8.68. The first kappa shape index (κ1) is 20.8. The Balaban J connectivity index is 1.75. The van der Waals surface area contributed by atoms with Gasteiger partial charge in [-0.2, -0.15) is 4.31 Å². The number of sulfonamides is 1. The highest BCUT2D eigenvalue weighted by Gasteiger charge is 2.23. The van der Waals surface area contributed by atoms with E-state index >= 15 is 0 Å². The van der Waals surface area contributed by atoms with Crippen LogP contribution in [0.4, 0.5) is 5.69 Å². The van der Waals surface area contributed by atoms with Crippen LogP contribution in [0.3, 0.4) is 0 Å². The molecule has 10 heteroatoms. The Morgan fingerprint density at radius 1 is 1.17 bits per heavy atom. The first-order valence-corrected chi connectivity index (χ1v) is 10.3. The van der Waals surface area contributed by atoms with Gasteiger partial charge in [-0.1, -0.05) is 11.6 Å². The maximum absolute atomic E-state index is 12.8. The fraction of sp³-hybridized carbons (Fsp3) is 0.158. The van der Waals surface area contributed by atoms with Crippen LogP contribution in [-0.4, -0.2) is 44.3 Å². The number of H-pyrrole nitrogens is 1. The Kier molecular flexibility index (Phi) is 5.92. The van der Waals surface area contributed by atoms with Crippen LogP contribution in [0, 0.1) is 0 Å². The molecule has 0 spiro atoms. The minimum absolute atomic E-state index is 0.0137. The third kappa shape index (κ3) is 4.58. The first-order chi connectivity index (χ1) is 13.7. The van der Waals surface area contributed by atoms with E-state index in [1.54, 1.807) is 12.1 Å². The van der Waals surface area contributed by atoms with E-state index in [2.05, 4.69) is 10.3 Å².